The van der Waals surface area contributed by atoms with Crippen LogP contribution < -0.4 is 0 Å². The molecule has 0 rings (SSSR count). The minimum Gasteiger partial charge on any atom is -0.0698 e. The van der Waals surface area contributed by atoms with E-state index in [4.69, 9.17) is 0 Å². The molecule has 7 heteroatoms. The van der Waals surface area contributed by atoms with Gasteiger partial charge in [0.2, 0.25) is 0 Å². The van der Waals surface area contributed by atoms with Crippen LogP contribution in [-0.4, -0.2) is 57.0 Å². The van der Waals surface area contributed by atoms with Crippen molar-refractivity contribution in [3.63, 3.8) is 0 Å². The van der Waals surface area contributed by atoms with E-state index >= 15 is 0 Å². The zero-order valence-corrected chi connectivity index (χ0v) is 29.7. The van der Waals surface area contributed by atoms with Gasteiger partial charge in [-0.1, -0.05) is 127 Å². The van der Waals surface area contributed by atoms with Gasteiger partial charge in [0, 0.05) is 57.0 Å². The second-order valence-electron chi connectivity index (χ2n) is 14.9. The Kier molecular flexibility index (Phi) is 9.67. The van der Waals surface area contributed by atoms with Crippen LogP contribution >= 0.6 is 0 Å². The Morgan fingerprint density at radius 2 is 0.750 bits per heavy atom. The summed E-state index contributed by atoms with van der Waals surface area (Å²) in [5.41, 5.74) is 5.20. The maximum absolute atomic E-state index is 4.31. The van der Waals surface area contributed by atoms with Crippen molar-refractivity contribution in [1.29, 1.82) is 0 Å². The van der Waals surface area contributed by atoms with E-state index in [0.29, 0.717) is 0 Å². The molecular weight excluding hydrogens is 449 g/mol. The van der Waals surface area contributed by atoms with Crippen molar-refractivity contribution in [2.24, 2.45) is 0 Å². The first-order valence-electron chi connectivity index (χ1n) is 11.4. The Balaban J connectivity index is 7.21. The van der Waals surface area contributed by atoms with Crippen molar-refractivity contribution in [2.75, 3.05) is 0 Å². The fraction of sp³-hybridized carbons (Fsp3) is 0.952. The minimum absolute atomic E-state index is 0.890. The van der Waals surface area contributed by atoms with Crippen molar-refractivity contribution in [2.45, 2.75) is 127 Å². The Labute approximate surface area is 189 Å². The summed E-state index contributed by atoms with van der Waals surface area (Å²) < 4.78 is 0. The Hall–Kier alpha value is 1.52. The van der Waals surface area contributed by atoms with Gasteiger partial charge < -0.3 is 0 Å². The lowest BCUT2D eigenvalue weighted by Crippen LogP contribution is -2.73. The summed E-state index contributed by atoms with van der Waals surface area (Å²) in [6, 6.07) is 0. The summed E-state index contributed by atoms with van der Waals surface area (Å²) in [7, 11) is -6.94. The molecule has 0 amide bonds. The molecule has 0 atom stereocenters. The fourth-order valence-corrected chi connectivity index (χ4v) is 88.4. The lowest BCUT2D eigenvalue weighted by Gasteiger charge is -2.62. The van der Waals surface area contributed by atoms with Crippen LogP contribution in [0.2, 0.25) is 113 Å². The highest BCUT2D eigenvalue weighted by Crippen LogP contribution is 2.55. The van der Waals surface area contributed by atoms with Crippen LogP contribution in [0.3, 0.4) is 0 Å². The van der Waals surface area contributed by atoms with Crippen molar-refractivity contribution in [3.05, 3.63) is 5.67 Å². The summed E-state index contributed by atoms with van der Waals surface area (Å²) in [5, 5.41) is 0. The number of rotatable bonds is 10. The second-order valence-corrected chi connectivity index (χ2v) is 52.9. The van der Waals surface area contributed by atoms with Crippen LogP contribution in [0.5, 0.6) is 0 Å². The predicted molar refractivity (Wildman–Crippen MR) is 154 cm³/mol. The van der Waals surface area contributed by atoms with Gasteiger partial charge in [-0.05, 0) is 5.67 Å². The zero-order valence-electron chi connectivity index (χ0n) is 22.7. The molecule has 0 nitrogen and oxygen atoms in total. The third-order valence-electron chi connectivity index (χ3n) is 6.03. The largest absolute Gasteiger partial charge is 0.0698 e. The van der Waals surface area contributed by atoms with Gasteiger partial charge in [-0.25, -0.2) is 0 Å². The first-order chi connectivity index (χ1) is 11.9. The van der Waals surface area contributed by atoms with Crippen LogP contribution in [0.15, 0.2) is 0 Å². The predicted octanol–water partition coefficient (Wildman–Crippen LogP) is 8.21. The molecule has 0 heterocycles. The van der Waals surface area contributed by atoms with Crippen LogP contribution in [0, 0.1) is 5.67 Å². The van der Waals surface area contributed by atoms with E-state index in [1.807, 2.05) is 0 Å². The molecular formula is C21H54Si7. The van der Waals surface area contributed by atoms with Crippen LogP contribution in [-0.2, 0) is 0 Å². The molecule has 0 aliphatic heterocycles. The molecule has 0 bridgehead atoms. The van der Waals surface area contributed by atoms with E-state index in [-0.39, 0.29) is 0 Å². The molecule has 0 aromatic carbocycles. The molecule has 0 fully saturated rings. The summed E-state index contributed by atoms with van der Waals surface area (Å²) in [5.74, 6) is 0. The summed E-state index contributed by atoms with van der Waals surface area (Å²) >= 11 is 0. The molecule has 28 heavy (non-hydrogen) atoms. The van der Waals surface area contributed by atoms with Crippen molar-refractivity contribution < 1.29 is 0 Å². The van der Waals surface area contributed by atoms with Gasteiger partial charge in [0.15, 0.2) is 0 Å². The first kappa shape index (κ1) is 29.5. The van der Waals surface area contributed by atoms with E-state index in [2.05, 4.69) is 118 Å². The van der Waals surface area contributed by atoms with E-state index in [0.717, 1.165) is 24.2 Å². The first-order valence-corrected chi connectivity index (χ1v) is 33.5. The van der Waals surface area contributed by atoms with E-state index in [1.54, 1.807) is 0 Å². The highest BCUT2D eigenvalue weighted by atomic mass is 29.2. The standard InChI is InChI=1S/C21H54Si7/c1-19(2)28(22-18-23(3,4)5,20(24(6,7)8)25(9,10)11)21(26(12,13)14)27(15,16)17/h19-21H,1-17H3. The van der Waals surface area contributed by atoms with Gasteiger partial charge >= 0.3 is 0 Å². The lowest BCUT2D eigenvalue weighted by atomic mass is 10.6. The van der Waals surface area contributed by atoms with Crippen LogP contribution in [0.4, 0.5) is 0 Å². The maximum Gasteiger partial charge on any atom is 0.0470 e. The van der Waals surface area contributed by atoms with Crippen LogP contribution in [0.25, 0.3) is 0 Å². The highest BCUT2D eigenvalue weighted by molar-refractivity contribution is 7.44. The molecule has 0 aromatic heterocycles. The normalized spacial score (nSPS) is 15.9. The third kappa shape index (κ3) is 7.58. The molecule has 0 saturated heterocycles. The molecule has 0 aliphatic rings. The Morgan fingerprint density at radius 3 is 0.893 bits per heavy atom. The average Bonchev–Trinajstić information content (AvgIpc) is 2.26. The highest BCUT2D eigenvalue weighted by Gasteiger charge is 2.62. The molecule has 0 aromatic rings. The minimum atomic E-state index is -1.58. The van der Waals surface area contributed by atoms with Crippen LogP contribution in [0.1, 0.15) is 13.8 Å². The molecule has 0 unspecified atom stereocenters. The fourth-order valence-electron chi connectivity index (χ4n) is 6.88. The lowest BCUT2D eigenvalue weighted by molar-refractivity contribution is 0.990. The average molecular weight is 503 g/mol. The summed E-state index contributed by atoms with van der Waals surface area (Å²) in [6.07, 6.45) is 0. The Bertz CT molecular complexity index is 433. The van der Waals surface area contributed by atoms with Crippen molar-refractivity contribution >= 4 is 57.0 Å². The zero-order chi connectivity index (χ0) is 23.1. The Morgan fingerprint density at radius 1 is 0.500 bits per heavy atom. The number of hydrogen-bond acceptors (Lipinski definition) is 0. The molecule has 0 saturated carbocycles. The third-order valence-corrected chi connectivity index (χ3v) is 56.6. The molecule has 0 spiro atoms. The van der Waals surface area contributed by atoms with Gasteiger partial charge in [-0.2, -0.15) is 0 Å². The smallest absolute Gasteiger partial charge is 0.0470 e. The van der Waals surface area contributed by atoms with Gasteiger partial charge in [0.1, 0.15) is 0 Å². The molecule has 166 valence electrons. The van der Waals surface area contributed by atoms with Gasteiger partial charge in [0.05, 0.1) is 0 Å². The van der Waals surface area contributed by atoms with Crippen molar-refractivity contribution in [1.82, 2.24) is 0 Å². The number of hydrogen-bond donors (Lipinski definition) is 0. The van der Waals surface area contributed by atoms with E-state index in [1.165, 1.54) is 0 Å². The van der Waals surface area contributed by atoms with Gasteiger partial charge in [0.25, 0.3) is 0 Å². The summed E-state index contributed by atoms with van der Waals surface area (Å²) in [6.45, 7) is 45.6. The second kappa shape index (κ2) is 9.17. The van der Waals surface area contributed by atoms with Crippen molar-refractivity contribution in [3.8, 4) is 0 Å². The molecule has 0 aliphatic carbocycles. The maximum atomic E-state index is 4.31. The topological polar surface area (TPSA) is 0 Å². The quantitative estimate of drug-likeness (QED) is 0.264. The van der Waals surface area contributed by atoms with E-state index in [9.17, 15) is 0 Å². The molecule has 0 N–H and O–H groups in total. The SMILES string of the molecule is CC(C)[Si]([Si][C][Si](C)(C)C)(C([Si](C)(C)C)[Si](C)(C)C)C([Si](C)(C)C)[Si](C)(C)C. The molecule has 4 radical (unpaired) electrons. The summed E-state index contributed by atoms with van der Waals surface area (Å²) in [4.78, 5) is 2.19. The van der Waals surface area contributed by atoms with Gasteiger partial charge in [-0.15, -0.1) is 0 Å². The van der Waals surface area contributed by atoms with Gasteiger partial charge in [-0.3, -0.25) is 0 Å². The van der Waals surface area contributed by atoms with E-state index < -0.39 is 48.0 Å². The monoisotopic (exact) mass is 502 g/mol.